The van der Waals surface area contributed by atoms with Crippen LogP contribution in [-0.2, 0) is 0 Å². The lowest BCUT2D eigenvalue weighted by Gasteiger charge is -2.23. The molecular weight excluding hydrogens is 250 g/mol. The second-order valence-corrected chi connectivity index (χ2v) is 5.11. The van der Waals surface area contributed by atoms with Gasteiger partial charge in [-0.05, 0) is 31.5 Å². The number of fused-ring (bicyclic) bond motifs is 1. The van der Waals surface area contributed by atoms with Crippen LogP contribution in [0, 0.1) is 6.92 Å². The van der Waals surface area contributed by atoms with Crippen LogP contribution >= 0.6 is 0 Å². The first-order valence-corrected chi connectivity index (χ1v) is 6.63. The lowest BCUT2D eigenvalue weighted by molar-refractivity contribution is 0.0595. The predicted octanol–water partition coefficient (Wildman–Crippen LogP) is 3.35. The van der Waals surface area contributed by atoms with Gasteiger partial charge in [-0.2, -0.15) is 0 Å². The lowest BCUT2D eigenvalue weighted by atomic mass is 10.1. The maximum absolute atomic E-state index is 12.4. The molecular formula is C17H15NO2. The molecule has 0 spiro atoms. The van der Waals surface area contributed by atoms with Crippen molar-refractivity contribution in [2.75, 3.05) is 0 Å². The van der Waals surface area contributed by atoms with Crippen molar-refractivity contribution in [3.63, 3.8) is 0 Å². The molecule has 3 heteroatoms. The molecule has 0 bridgehead atoms. The minimum atomic E-state index is -0.261. The molecule has 0 saturated carbocycles. The van der Waals surface area contributed by atoms with Gasteiger partial charge in [0.2, 0.25) is 0 Å². The van der Waals surface area contributed by atoms with E-state index in [9.17, 15) is 9.59 Å². The van der Waals surface area contributed by atoms with Crippen molar-refractivity contribution < 1.29 is 9.59 Å². The highest BCUT2D eigenvalue weighted by Gasteiger charge is 2.38. The monoisotopic (exact) mass is 265 g/mol. The fourth-order valence-electron chi connectivity index (χ4n) is 2.55. The third-order valence-electron chi connectivity index (χ3n) is 3.77. The van der Waals surface area contributed by atoms with E-state index in [1.165, 1.54) is 4.90 Å². The lowest BCUT2D eigenvalue weighted by Crippen LogP contribution is -2.32. The third kappa shape index (κ3) is 1.83. The van der Waals surface area contributed by atoms with E-state index in [2.05, 4.69) is 0 Å². The number of aryl methyl sites for hydroxylation is 1. The van der Waals surface area contributed by atoms with Crippen molar-refractivity contribution in [2.45, 2.75) is 19.9 Å². The summed E-state index contributed by atoms with van der Waals surface area (Å²) in [5.41, 5.74) is 3.11. The summed E-state index contributed by atoms with van der Waals surface area (Å²) in [7, 11) is 0. The molecule has 0 unspecified atom stereocenters. The largest absolute Gasteiger partial charge is 0.269 e. The molecule has 0 N–H and O–H groups in total. The summed E-state index contributed by atoms with van der Waals surface area (Å²) in [5, 5.41) is 0. The number of carbonyl (C=O) groups excluding carboxylic acids is 2. The number of hydrogen-bond donors (Lipinski definition) is 0. The molecule has 1 aliphatic rings. The van der Waals surface area contributed by atoms with Crippen molar-refractivity contribution in [3.05, 3.63) is 70.8 Å². The van der Waals surface area contributed by atoms with Gasteiger partial charge in [0.15, 0.2) is 0 Å². The second-order valence-electron chi connectivity index (χ2n) is 5.11. The van der Waals surface area contributed by atoms with Gasteiger partial charge >= 0.3 is 0 Å². The summed E-state index contributed by atoms with van der Waals surface area (Å²) >= 11 is 0. The average Bonchev–Trinajstić information content (AvgIpc) is 2.72. The molecule has 3 nitrogen and oxygen atoms in total. The Morgan fingerprint density at radius 3 is 1.85 bits per heavy atom. The van der Waals surface area contributed by atoms with Gasteiger partial charge in [-0.25, -0.2) is 0 Å². The molecule has 0 saturated heterocycles. The Kier molecular flexibility index (Phi) is 2.90. The number of amides is 2. The van der Waals surface area contributed by atoms with Crippen molar-refractivity contribution >= 4 is 11.8 Å². The van der Waals surface area contributed by atoms with Gasteiger partial charge in [0.1, 0.15) is 0 Å². The Morgan fingerprint density at radius 2 is 1.35 bits per heavy atom. The smallest absolute Gasteiger partial charge is 0.262 e. The summed E-state index contributed by atoms with van der Waals surface area (Å²) in [5.74, 6) is -0.419. The van der Waals surface area contributed by atoms with Crippen LogP contribution in [0.25, 0.3) is 0 Å². The Balaban J connectivity index is 1.98. The molecule has 0 aromatic heterocycles. The van der Waals surface area contributed by atoms with E-state index in [1.807, 2.05) is 38.1 Å². The molecule has 100 valence electrons. The van der Waals surface area contributed by atoms with Gasteiger partial charge in [-0.15, -0.1) is 0 Å². The molecule has 1 aliphatic heterocycles. The quantitative estimate of drug-likeness (QED) is 0.781. The fourth-order valence-corrected chi connectivity index (χ4v) is 2.55. The second kappa shape index (κ2) is 4.60. The van der Waals surface area contributed by atoms with E-state index in [4.69, 9.17) is 0 Å². The standard InChI is InChI=1S/C17H15NO2/c1-11-7-9-13(10-8-11)12(2)18-16(19)14-5-3-4-6-15(14)17(18)20/h3-10,12H,1-2H3/t12-/m1/s1. The topological polar surface area (TPSA) is 37.4 Å². The molecule has 0 aliphatic carbocycles. The van der Waals surface area contributed by atoms with E-state index in [0.717, 1.165) is 11.1 Å². The number of nitrogens with zero attached hydrogens (tertiary/aromatic N) is 1. The Hall–Kier alpha value is -2.42. The number of carbonyl (C=O) groups is 2. The van der Waals surface area contributed by atoms with Gasteiger partial charge in [0.25, 0.3) is 11.8 Å². The van der Waals surface area contributed by atoms with Crippen LogP contribution in [0.5, 0.6) is 0 Å². The first-order valence-electron chi connectivity index (χ1n) is 6.63. The Labute approximate surface area is 117 Å². The zero-order valence-corrected chi connectivity index (χ0v) is 11.5. The number of rotatable bonds is 2. The molecule has 2 amide bonds. The fraction of sp³-hybridized carbons (Fsp3) is 0.176. The maximum Gasteiger partial charge on any atom is 0.262 e. The molecule has 3 rings (SSSR count). The summed E-state index contributed by atoms with van der Waals surface area (Å²) < 4.78 is 0. The number of benzene rings is 2. The molecule has 1 atom stereocenters. The first kappa shape index (κ1) is 12.6. The van der Waals surface area contributed by atoms with Gasteiger partial charge in [-0.1, -0.05) is 42.0 Å². The van der Waals surface area contributed by atoms with Gasteiger partial charge in [-0.3, -0.25) is 14.5 Å². The average molecular weight is 265 g/mol. The van der Waals surface area contributed by atoms with E-state index in [0.29, 0.717) is 11.1 Å². The third-order valence-corrected chi connectivity index (χ3v) is 3.77. The SMILES string of the molecule is Cc1ccc([C@@H](C)N2C(=O)c3ccccc3C2=O)cc1. The molecule has 2 aromatic carbocycles. The van der Waals surface area contributed by atoms with Crippen LogP contribution in [0.1, 0.15) is 44.8 Å². The minimum Gasteiger partial charge on any atom is -0.269 e. The molecule has 2 aromatic rings. The first-order chi connectivity index (χ1) is 9.59. The van der Waals surface area contributed by atoms with Crippen LogP contribution in [0.2, 0.25) is 0 Å². The summed E-state index contributed by atoms with van der Waals surface area (Å²) in [4.78, 5) is 26.1. The zero-order valence-electron chi connectivity index (χ0n) is 11.5. The Bertz CT molecular complexity index is 653. The summed E-state index contributed by atoms with van der Waals surface area (Å²) in [6.07, 6.45) is 0. The normalized spacial score (nSPS) is 15.4. The van der Waals surface area contributed by atoms with Gasteiger partial charge in [0.05, 0.1) is 17.2 Å². The van der Waals surface area contributed by atoms with Crippen LogP contribution in [0.15, 0.2) is 48.5 Å². The van der Waals surface area contributed by atoms with E-state index < -0.39 is 0 Å². The van der Waals surface area contributed by atoms with Crippen LogP contribution in [0.4, 0.5) is 0 Å². The molecule has 0 radical (unpaired) electrons. The summed E-state index contributed by atoms with van der Waals surface area (Å²) in [6, 6.07) is 14.6. The minimum absolute atomic E-state index is 0.210. The van der Waals surface area contributed by atoms with E-state index in [-0.39, 0.29) is 17.9 Å². The highest BCUT2D eigenvalue weighted by molar-refractivity contribution is 6.21. The van der Waals surface area contributed by atoms with E-state index in [1.54, 1.807) is 24.3 Å². The van der Waals surface area contributed by atoms with Crippen molar-refractivity contribution in [3.8, 4) is 0 Å². The van der Waals surface area contributed by atoms with Crippen LogP contribution in [-0.4, -0.2) is 16.7 Å². The van der Waals surface area contributed by atoms with Crippen molar-refractivity contribution in [2.24, 2.45) is 0 Å². The van der Waals surface area contributed by atoms with Crippen LogP contribution in [0.3, 0.4) is 0 Å². The van der Waals surface area contributed by atoms with Crippen LogP contribution < -0.4 is 0 Å². The highest BCUT2D eigenvalue weighted by Crippen LogP contribution is 2.30. The summed E-state index contributed by atoms with van der Waals surface area (Å²) in [6.45, 7) is 3.89. The molecule has 1 heterocycles. The number of imide groups is 1. The highest BCUT2D eigenvalue weighted by atomic mass is 16.2. The van der Waals surface area contributed by atoms with Crippen molar-refractivity contribution in [1.29, 1.82) is 0 Å². The molecule has 20 heavy (non-hydrogen) atoms. The maximum atomic E-state index is 12.4. The van der Waals surface area contributed by atoms with E-state index >= 15 is 0 Å². The number of hydrogen-bond acceptors (Lipinski definition) is 2. The zero-order chi connectivity index (χ0) is 14.3. The molecule has 0 fully saturated rings. The predicted molar refractivity (Wildman–Crippen MR) is 76.5 cm³/mol. The van der Waals surface area contributed by atoms with Gasteiger partial charge in [0, 0.05) is 0 Å². The van der Waals surface area contributed by atoms with Gasteiger partial charge < -0.3 is 0 Å². The van der Waals surface area contributed by atoms with Crippen molar-refractivity contribution in [1.82, 2.24) is 4.90 Å². The Morgan fingerprint density at radius 1 is 0.850 bits per heavy atom.